The number of ether oxygens (including phenoxy) is 1. The van der Waals surface area contributed by atoms with Crippen molar-refractivity contribution in [2.75, 3.05) is 25.0 Å². The van der Waals surface area contributed by atoms with Crippen molar-refractivity contribution in [2.24, 2.45) is 5.92 Å². The van der Waals surface area contributed by atoms with Gasteiger partial charge in [0.25, 0.3) is 0 Å². The highest BCUT2D eigenvalue weighted by molar-refractivity contribution is 5.80. The van der Waals surface area contributed by atoms with E-state index >= 15 is 0 Å². The summed E-state index contributed by atoms with van der Waals surface area (Å²) in [6, 6.07) is 5.43. The summed E-state index contributed by atoms with van der Waals surface area (Å²) >= 11 is 0. The van der Waals surface area contributed by atoms with E-state index in [4.69, 9.17) is 4.74 Å². The zero-order valence-corrected chi connectivity index (χ0v) is 11.2. The molecule has 0 aromatic carbocycles. The average molecular weight is 251 g/mol. The van der Waals surface area contributed by atoms with E-state index in [1.54, 1.807) is 12.1 Å². The monoisotopic (exact) mass is 251 g/mol. The number of nitrogens with zero attached hydrogens (tertiary/aromatic N) is 1. The van der Waals surface area contributed by atoms with Crippen molar-refractivity contribution in [3.05, 3.63) is 18.2 Å². The first-order chi connectivity index (χ1) is 8.61. The van der Waals surface area contributed by atoms with Crippen molar-refractivity contribution in [3.63, 3.8) is 0 Å². The molecule has 100 valence electrons. The molecule has 1 rings (SSSR count). The number of pyridine rings is 1. The minimum atomic E-state index is -0.0349. The molecule has 5 nitrogen and oxygen atoms in total. The summed E-state index contributed by atoms with van der Waals surface area (Å²) in [6.45, 7) is 7.50. The number of aromatic nitrogens is 1. The molecule has 18 heavy (non-hydrogen) atoms. The lowest BCUT2D eigenvalue weighted by Gasteiger charge is -2.09. The molecular formula is C13H21N3O2. The van der Waals surface area contributed by atoms with Gasteiger partial charge in [-0.25, -0.2) is 0 Å². The van der Waals surface area contributed by atoms with Crippen molar-refractivity contribution in [1.82, 2.24) is 10.3 Å². The molecule has 1 aromatic rings. The predicted octanol–water partition coefficient (Wildman–Crippen LogP) is 1.66. The Morgan fingerprint density at radius 3 is 2.89 bits per heavy atom. The molecule has 0 fully saturated rings. The third kappa shape index (κ3) is 5.52. The number of rotatable bonds is 7. The Morgan fingerprint density at radius 1 is 1.44 bits per heavy atom. The van der Waals surface area contributed by atoms with Crippen LogP contribution in [0.2, 0.25) is 0 Å². The van der Waals surface area contributed by atoms with Gasteiger partial charge in [0, 0.05) is 12.6 Å². The van der Waals surface area contributed by atoms with Crippen LogP contribution in [0.15, 0.2) is 18.2 Å². The minimum absolute atomic E-state index is 0.0349. The molecule has 0 spiro atoms. The second kappa shape index (κ2) is 7.53. The third-order valence-corrected chi connectivity index (χ3v) is 2.15. The van der Waals surface area contributed by atoms with Crippen molar-refractivity contribution in [3.8, 4) is 5.88 Å². The smallest absolute Gasteiger partial charge is 0.239 e. The number of anilines is 1. The normalized spacial score (nSPS) is 10.2. The van der Waals surface area contributed by atoms with E-state index in [2.05, 4.69) is 29.5 Å². The number of hydrogen-bond donors (Lipinski definition) is 2. The van der Waals surface area contributed by atoms with Crippen LogP contribution in [-0.2, 0) is 4.79 Å². The molecule has 0 aliphatic heterocycles. The van der Waals surface area contributed by atoms with Gasteiger partial charge in [0.15, 0.2) is 0 Å². The van der Waals surface area contributed by atoms with Crippen LogP contribution in [-0.4, -0.2) is 30.6 Å². The Kier molecular flexibility index (Phi) is 5.97. The first kappa shape index (κ1) is 14.3. The quantitative estimate of drug-likeness (QED) is 0.773. The second-order valence-electron chi connectivity index (χ2n) is 4.35. The molecule has 0 saturated heterocycles. The molecule has 0 saturated carbocycles. The number of carbonyl (C=O) groups excluding carboxylic acids is 1. The molecule has 5 heteroatoms. The summed E-state index contributed by atoms with van der Waals surface area (Å²) < 4.78 is 5.28. The highest BCUT2D eigenvalue weighted by atomic mass is 16.5. The average Bonchev–Trinajstić information content (AvgIpc) is 2.35. The summed E-state index contributed by atoms with van der Waals surface area (Å²) in [7, 11) is 0. The molecule has 0 atom stereocenters. The van der Waals surface area contributed by atoms with Crippen LogP contribution in [0.1, 0.15) is 20.8 Å². The van der Waals surface area contributed by atoms with E-state index in [1.807, 2.05) is 13.0 Å². The van der Waals surface area contributed by atoms with Gasteiger partial charge in [-0.3, -0.25) is 4.79 Å². The van der Waals surface area contributed by atoms with Gasteiger partial charge in [-0.05, 0) is 18.9 Å². The summed E-state index contributed by atoms with van der Waals surface area (Å²) in [6.07, 6.45) is 0. The van der Waals surface area contributed by atoms with E-state index in [1.165, 1.54) is 0 Å². The highest BCUT2D eigenvalue weighted by Crippen LogP contribution is 2.10. The summed E-state index contributed by atoms with van der Waals surface area (Å²) in [5.74, 6) is 1.62. The molecule has 1 amide bonds. The zero-order chi connectivity index (χ0) is 13.4. The number of nitrogens with one attached hydrogen (secondary N) is 2. The van der Waals surface area contributed by atoms with E-state index in [0.29, 0.717) is 30.8 Å². The maximum absolute atomic E-state index is 11.5. The molecule has 0 radical (unpaired) electrons. The van der Waals surface area contributed by atoms with Crippen LogP contribution in [0.25, 0.3) is 0 Å². The largest absolute Gasteiger partial charge is 0.478 e. The number of amides is 1. The topological polar surface area (TPSA) is 63.2 Å². The molecule has 2 N–H and O–H groups in total. The molecular weight excluding hydrogens is 230 g/mol. The van der Waals surface area contributed by atoms with E-state index in [-0.39, 0.29) is 12.5 Å². The van der Waals surface area contributed by atoms with E-state index in [9.17, 15) is 4.79 Å². The van der Waals surface area contributed by atoms with E-state index in [0.717, 1.165) is 0 Å². The highest BCUT2D eigenvalue weighted by Gasteiger charge is 2.03. The summed E-state index contributed by atoms with van der Waals surface area (Å²) in [5, 5.41) is 5.80. The molecule has 0 unspecified atom stereocenters. The Bertz CT molecular complexity index is 380. The lowest BCUT2D eigenvalue weighted by molar-refractivity contribution is -0.119. The maximum atomic E-state index is 11.5. The third-order valence-electron chi connectivity index (χ3n) is 2.15. The standard InChI is InChI=1S/C13H21N3O2/c1-4-18-13-7-5-6-11(16-13)14-9-12(17)15-8-10(2)3/h5-7,10H,4,8-9H2,1-3H3,(H,14,16)(H,15,17). The Morgan fingerprint density at radius 2 is 2.22 bits per heavy atom. The first-order valence-corrected chi connectivity index (χ1v) is 6.22. The molecule has 0 aliphatic carbocycles. The lowest BCUT2D eigenvalue weighted by Crippen LogP contribution is -2.32. The van der Waals surface area contributed by atoms with Crippen molar-refractivity contribution >= 4 is 11.7 Å². The second-order valence-corrected chi connectivity index (χ2v) is 4.35. The van der Waals surface area contributed by atoms with Crippen molar-refractivity contribution in [1.29, 1.82) is 0 Å². The molecule has 1 aromatic heterocycles. The molecule has 0 bridgehead atoms. The summed E-state index contributed by atoms with van der Waals surface area (Å²) in [4.78, 5) is 15.7. The van der Waals surface area contributed by atoms with Crippen LogP contribution in [0, 0.1) is 5.92 Å². The Labute approximate surface area is 108 Å². The van der Waals surface area contributed by atoms with Crippen molar-refractivity contribution < 1.29 is 9.53 Å². The number of carbonyl (C=O) groups is 1. The maximum Gasteiger partial charge on any atom is 0.239 e. The Balaban J connectivity index is 2.38. The number of hydrogen-bond acceptors (Lipinski definition) is 4. The predicted molar refractivity (Wildman–Crippen MR) is 71.7 cm³/mol. The first-order valence-electron chi connectivity index (χ1n) is 6.22. The van der Waals surface area contributed by atoms with Gasteiger partial charge in [-0.2, -0.15) is 4.98 Å². The van der Waals surface area contributed by atoms with Crippen LogP contribution in [0.5, 0.6) is 5.88 Å². The lowest BCUT2D eigenvalue weighted by atomic mass is 10.2. The van der Waals surface area contributed by atoms with Gasteiger partial charge in [-0.15, -0.1) is 0 Å². The van der Waals surface area contributed by atoms with E-state index < -0.39 is 0 Å². The van der Waals surface area contributed by atoms with Crippen LogP contribution in [0.3, 0.4) is 0 Å². The zero-order valence-electron chi connectivity index (χ0n) is 11.2. The van der Waals surface area contributed by atoms with Gasteiger partial charge in [0.1, 0.15) is 5.82 Å². The summed E-state index contributed by atoms with van der Waals surface area (Å²) in [5.41, 5.74) is 0. The van der Waals surface area contributed by atoms with Gasteiger partial charge < -0.3 is 15.4 Å². The van der Waals surface area contributed by atoms with Gasteiger partial charge in [0.2, 0.25) is 11.8 Å². The molecule has 0 aliphatic rings. The van der Waals surface area contributed by atoms with Crippen LogP contribution >= 0.6 is 0 Å². The Hall–Kier alpha value is -1.78. The van der Waals surface area contributed by atoms with Crippen LogP contribution in [0.4, 0.5) is 5.82 Å². The SMILES string of the molecule is CCOc1cccc(NCC(=O)NCC(C)C)n1. The minimum Gasteiger partial charge on any atom is -0.478 e. The molecule has 1 heterocycles. The van der Waals surface area contributed by atoms with Crippen LogP contribution < -0.4 is 15.4 Å². The fourth-order valence-corrected chi connectivity index (χ4v) is 1.29. The van der Waals surface area contributed by atoms with Gasteiger partial charge in [0.05, 0.1) is 13.2 Å². The fourth-order valence-electron chi connectivity index (χ4n) is 1.29. The fraction of sp³-hybridized carbons (Fsp3) is 0.538. The van der Waals surface area contributed by atoms with Gasteiger partial charge >= 0.3 is 0 Å². The van der Waals surface area contributed by atoms with Crippen molar-refractivity contribution in [2.45, 2.75) is 20.8 Å². The van der Waals surface area contributed by atoms with Gasteiger partial charge in [-0.1, -0.05) is 19.9 Å².